The zero-order valence-corrected chi connectivity index (χ0v) is 15.5. The molecular weight excluding hydrogens is 449 g/mol. The Hall–Kier alpha value is -1.94. The molecule has 1 unspecified atom stereocenters. The van der Waals surface area contributed by atoms with Crippen molar-refractivity contribution in [1.29, 1.82) is 0 Å². The van der Waals surface area contributed by atoms with Gasteiger partial charge in [-0.1, -0.05) is 6.58 Å². The predicted molar refractivity (Wildman–Crippen MR) is 76.5 cm³/mol. The van der Waals surface area contributed by atoms with E-state index in [1.807, 2.05) is 0 Å². The quantitative estimate of drug-likeness (QED) is 0.159. The Morgan fingerprint density at radius 3 is 1.90 bits per heavy atom. The summed E-state index contributed by atoms with van der Waals surface area (Å²) in [5.74, 6) is -14.7. The Morgan fingerprint density at radius 2 is 1.55 bits per heavy atom. The SMILES string of the molecule is C=C(C)C(=O)OC(OCCC(F)(F)C(F)(F)S(=O)(=O)[O-])(C(=O)OCC)C(F)(F)F. The summed E-state index contributed by atoms with van der Waals surface area (Å²) in [6.07, 6.45) is -8.43. The van der Waals surface area contributed by atoms with Crippen LogP contribution < -0.4 is 0 Å². The highest BCUT2D eigenvalue weighted by molar-refractivity contribution is 7.86. The van der Waals surface area contributed by atoms with Crippen molar-refractivity contribution in [3.05, 3.63) is 12.2 Å². The van der Waals surface area contributed by atoms with Gasteiger partial charge in [0.2, 0.25) is 0 Å². The molecule has 0 fully saturated rings. The van der Waals surface area contributed by atoms with Crippen molar-refractivity contribution >= 4 is 22.1 Å². The molecule has 0 saturated heterocycles. The summed E-state index contributed by atoms with van der Waals surface area (Å²) >= 11 is 0. The van der Waals surface area contributed by atoms with Crippen LogP contribution in [0.4, 0.5) is 30.7 Å². The standard InChI is InChI=1S/C13H15F7O8S/c1-4-26-9(22)11(12(16,17)18,28-8(21)7(2)3)27-6-5-10(14,15)13(19,20)29(23,24)25/h2,4-6H2,1,3H3,(H,23,24,25)/p-1. The molecule has 0 N–H and O–H groups in total. The van der Waals surface area contributed by atoms with Crippen molar-refractivity contribution in [1.82, 2.24) is 0 Å². The number of ether oxygens (including phenoxy) is 3. The molecule has 0 rings (SSSR count). The number of alkyl halides is 7. The molecule has 0 aromatic rings. The van der Waals surface area contributed by atoms with Crippen molar-refractivity contribution in [3.8, 4) is 0 Å². The van der Waals surface area contributed by atoms with E-state index in [2.05, 4.69) is 20.8 Å². The van der Waals surface area contributed by atoms with E-state index in [-0.39, 0.29) is 0 Å². The van der Waals surface area contributed by atoms with Crippen LogP contribution in [0.5, 0.6) is 0 Å². The van der Waals surface area contributed by atoms with Crippen LogP contribution in [0, 0.1) is 0 Å². The summed E-state index contributed by atoms with van der Waals surface area (Å²) < 4.78 is 136. The van der Waals surface area contributed by atoms with Crippen LogP contribution in [-0.2, 0) is 33.9 Å². The van der Waals surface area contributed by atoms with E-state index in [9.17, 15) is 53.3 Å². The molecule has 0 aliphatic rings. The zero-order chi connectivity index (χ0) is 23.5. The maximum absolute atomic E-state index is 13.4. The first-order valence-corrected chi connectivity index (χ1v) is 8.65. The van der Waals surface area contributed by atoms with Crippen molar-refractivity contribution < 1.29 is 67.5 Å². The van der Waals surface area contributed by atoms with Gasteiger partial charge in [-0.2, -0.15) is 30.7 Å². The normalized spacial score (nSPS) is 15.4. The van der Waals surface area contributed by atoms with Crippen LogP contribution in [0.3, 0.4) is 0 Å². The molecule has 0 aromatic carbocycles. The third-order valence-corrected chi connectivity index (χ3v) is 3.89. The molecule has 1 atom stereocenters. The molecule has 0 heterocycles. The molecule has 0 radical (unpaired) electrons. The van der Waals surface area contributed by atoms with Gasteiger partial charge < -0.3 is 18.8 Å². The summed E-state index contributed by atoms with van der Waals surface area (Å²) in [4.78, 5) is 23.2. The van der Waals surface area contributed by atoms with E-state index in [0.717, 1.165) is 13.8 Å². The van der Waals surface area contributed by atoms with E-state index < -0.39 is 70.4 Å². The van der Waals surface area contributed by atoms with Crippen LogP contribution in [0.25, 0.3) is 0 Å². The second kappa shape index (κ2) is 8.83. The molecule has 0 saturated carbocycles. The molecule has 0 spiro atoms. The van der Waals surface area contributed by atoms with Crippen LogP contribution in [-0.4, -0.2) is 61.3 Å². The Morgan fingerprint density at radius 1 is 1.07 bits per heavy atom. The summed E-state index contributed by atoms with van der Waals surface area (Å²) in [6.45, 7) is 1.97. The van der Waals surface area contributed by atoms with Crippen molar-refractivity contribution in [2.45, 2.75) is 43.4 Å². The van der Waals surface area contributed by atoms with Crippen molar-refractivity contribution in [2.75, 3.05) is 13.2 Å². The molecule has 0 aromatic heterocycles. The van der Waals surface area contributed by atoms with E-state index in [0.29, 0.717) is 0 Å². The maximum atomic E-state index is 13.4. The molecule has 0 aliphatic carbocycles. The minimum absolute atomic E-state index is 0.694. The fourth-order valence-corrected chi connectivity index (χ4v) is 1.95. The first kappa shape index (κ1) is 27.1. The lowest BCUT2D eigenvalue weighted by Crippen LogP contribution is -2.59. The van der Waals surface area contributed by atoms with Gasteiger partial charge >= 0.3 is 35.1 Å². The third kappa shape index (κ3) is 5.79. The van der Waals surface area contributed by atoms with Crippen LogP contribution in [0.1, 0.15) is 20.3 Å². The number of esters is 2. The van der Waals surface area contributed by atoms with Gasteiger partial charge in [0.25, 0.3) is 0 Å². The van der Waals surface area contributed by atoms with Gasteiger partial charge in [-0.25, -0.2) is 18.0 Å². The highest BCUT2D eigenvalue weighted by Crippen LogP contribution is 2.42. The molecule has 29 heavy (non-hydrogen) atoms. The van der Waals surface area contributed by atoms with Crippen LogP contribution >= 0.6 is 0 Å². The number of rotatable bonds is 10. The van der Waals surface area contributed by atoms with Gasteiger partial charge in [0.1, 0.15) is 0 Å². The number of hydrogen-bond donors (Lipinski definition) is 0. The highest BCUT2D eigenvalue weighted by Gasteiger charge is 2.68. The Balaban J connectivity index is 5.93. The van der Waals surface area contributed by atoms with Crippen LogP contribution in [0.15, 0.2) is 12.2 Å². The lowest BCUT2D eigenvalue weighted by molar-refractivity contribution is -0.357. The minimum Gasteiger partial charge on any atom is -0.743 e. The average Bonchev–Trinajstić information content (AvgIpc) is 2.51. The Kier molecular flexibility index (Phi) is 8.24. The third-order valence-electron chi connectivity index (χ3n) is 2.96. The molecule has 8 nitrogen and oxygen atoms in total. The van der Waals surface area contributed by atoms with Crippen molar-refractivity contribution in [3.63, 3.8) is 0 Å². The minimum atomic E-state index is -6.91. The van der Waals surface area contributed by atoms with E-state index >= 15 is 0 Å². The second-order valence-corrected chi connectivity index (χ2v) is 6.70. The van der Waals surface area contributed by atoms with Crippen molar-refractivity contribution in [2.24, 2.45) is 0 Å². The Bertz CT molecular complexity index is 747. The van der Waals surface area contributed by atoms with E-state index in [1.54, 1.807) is 0 Å². The first-order valence-electron chi connectivity index (χ1n) is 7.24. The van der Waals surface area contributed by atoms with Gasteiger partial charge in [-0.05, 0) is 13.8 Å². The molecule has 0 amide bonds. The predicted octanol–water partition coefficient (Wildman–Crippen LogP) is 2.11. The molecule has 16 heteroatoms. The largest absolute Gasteiger partial charge is 0.743 e. The smallest absolute Gasteiger partial charge is 0.468 e. The molecule has 0 aliphatic heterocycles. The van der Waals surface area contributed by atoms with Gasteiger partial charge in [-0.15, -0.1) is 0 Å². The molecular formula is C13H14F7O8S-. The number of halogens is 7. The van der Waals surface area contributed by atoms with Gasteiger partial charge in [0.15, 0.2) is 10.1 Å². The number of carbonyl (C=O) groups is 2. The van der Waals surface area contributed by atoms with Gasteiger partial charge in [0.05, 0.1) is 13.2 Å². The van der Waals surface area contributed by atoms with Gasteiger partial charge in [-0.3, -0.25) is 0 Å². The zero-order valence-electron chi connectivity index (χ0n) is 14.6. The van der Waals surface area contributed by atoms with E-state index in [1.165, 1.54) is 0 Å². The average molecular weight is 463 g/mol. The lowest BCUT2D eigenvalue weighted by atomic mass is 10.2. The topological polar surface area (TPSA) is 119 Å². The van der Waals surface area contributed by atoms with E-state index in [4.69, 9.17) is 0 Å². The Labute approximate surface area is 159 Å². The lowest BCUT2D eigenvalue weighted by Gasteiger charge is -2.33. The summed E-state index contributed by atoms with van der Waals surface area (Å²) in [5.41, 5.74) is -0.694. The van der Waals surface area contributed by atoms with Crippen LogP contribution in [0.2, 0.25) is 0 Å². The maximum Gasteiger partial charge on any atom is 0.468 e. The number of hydrogen-bond acceptors (Lipinski definition) is 8. The second-order valence-electron chi connectivity index (χ2n) is 5.28. The summed E-state index contributed by atoms with van der Waals surface area (Å²) in [5, 5.41) is -6.21. The molecule has 170 valence electrons. The monoisotopic (exact) mass is 463 g/mol. The fraction of sp³-hybridized carbons (Fsp3) is 0.692. The molecule has 0 bridgehead atoms. The van der Waals surface area contributed by atoms with Gasteiger partial charge in [0, 0.05) is 12.0 Å². The first-order chi connectivity index (χ1) is 12.8. The highest BCUT2D eigenvalue weighted by atomic mass is 32.2. The summed E-state index contributed by atoms with van der Waals surface area (Å²) in [6, 6.07) is 0. The number of carbonyl (C=O) groups excluding carboxylic acids is 2. The summed E-state index contributed by atoms with van der Waals surface area (Å²) in [7, 11) is -6.91. The fourth-order valence-electron chi connectivity index (χ4n) is 1.48.